The lowest BCUT2D eigenvalue weighted by molar-refractivity contribution is 0.0437. The molecule has 0 bridgehead atoms. The summed E-state index contributed by atoms with van der Waals surface area (Å²) in [6.45, 7) is 3.11. The van der Waals surface area contributed by atoms with E-state index in [2.05, 4.69) is 21.3 Å². The van der Waals surface area contributed by atoms with Crippen LogP contribution in [0.1, 0.15) is 48.2 Å². The van der Waals surface area contributed by atoms with Crippen LogP contribution in [0.15, 0.2) is 29.3 Å². The first kappa shape index (κ1) is 18.6. The highest BCUT2D eigenvalue weighted by molar-refractivity contribution is 5.95. The molecule has 9 heteroatoms. The number of likely N-dealkylation sites (tertiary alicyclic amines) is 1. The van der Waals surface area contributed by atoms with E-state index < -0.39 is 0 Å². The molecule has 9 nitrogen and oxygen atoms in total. The number of hydrogen-bond donors (Lipinski definition) is 1. The predicted octanol–water partition coefficient (Wildman–Crippen LogP) is 2.06. The van der Waals surface area contributed by atoms with Crippen LogP contribution in [0.5, 0.6) is 0 Å². The summed E-state index contributed by atoms with van der Waals surface area (Å²) in [4.78, 5) is 29.9. The van der Waals surface area contributed by atoms with Gasteiger partial charge < -0.3 is 4.90 Å². The van der Waals surface area contributed by atoms with Gasteiger partial charge in [-0.05, 0) is 50.7 Å². The first-order valence-corrected chi connectivity index (χ1v) is 10.4. The van der Waals surface area contributed by atoms with Crippen LogP contribution in [-0.2, 0) is 0 Å². The minimum absolute atomic E-state index is 0.0683. The number of nitrogens with one attached hydrogen (secondary N) is 1. The fourth-order valence-corrected chi connectivity index (χ4v) is 4.83. The number of nitrogens with zero attached hydrogens (tertiary/aromatic N) is 6. The van der Waals surface area contributed by atoms with Crippen molar-refractivity contribution in [2.45, 2.75) is 39.0 Å². The third-order valence-electron chi connectivity index (χ3n) is 6.86. The second-order valence-electron chi connectivity index (χ2n) is 8.36. The van der Waals surface area contributed by atoms with E-state index in [0.29, 0.717) is 35.8 Å². The first-order chi connectivity index (χ1) is 14.5. The lowest BCUT2D eigenvalue weighted by Crippen LogP contribution is -2.45. The summed E-state index contributed by atoms with van der Waals surface area (Å²) >= 11 is 0. The van der Waals surface area contributed by atoms with Gasteiger partial charge in [-0.1, -0.05) is 6.42 Å². The van der Waals surface area contributed by atoms with E-state index >= 15 is 0 Å². The highest BCUT2D eigenvalue weighted by Gasteiger charge is 2.45. The van der Waals surface area contributed by atoms with Crippen molar-refractivity contribution < 1.29 is 4.79 Å². The topological polar surface area (TPSA) is 112 Å². The Bertz CT molecular complexity index is 1220. The molecule has 4 heterocycles. The minimum Gasteiger partial charge on any atom is -0.339 e. The van der Waals surface area contributed by atoms with Gasteiger partial charge in [0.05, 0.1) is 28.9 Å². The summed E-state index contributed by atoms with van der Waals surface area (Å²) in [5, 5.41) is 18.3. The quantitative estimate of drug-likeness (QED) is 0.717. The summed E-state index contributed by atoms with van der Waals surface area (Å²) in [5.41, 5.74) is 1.15. The Hall–Kier alpha value is -3.41. The normalized spacial score (nSPS) is 18.9. The molecule has 5 rings (SSSR count). The Morgan fingerprint density at radius 1 is 1.33 bits per heavy atom. The number of nitriles is 1. The highest BCUT2D eigenvalue weighted by atomic mass is 16.2. The first-order valence-electron chi connectivity index (χ1n) is 10.4. The van der Waals surface area contributed by atoms with Crippen LogP contribution in [0.4, 0.5) is 0 Å². The third kappa shape index (κ3) is 2.75. The molecule has 1 amide bonds. The van der Waals surface area contributed by atoms with E-state index in [1.165, 1.54) is 15.4 Å². The molecule has 3 aromatic rings. The molecule has 3 aromatic heterocycles. The summed E-state index contributed by atoms with van der Waals surface area (Å²) in [7, 11) is 0. The number of rotatable bonds is 3. The summed E-state index contributed by atoms with van der Waals surface area (Å²) in [5.74, 6) is 0.577. The van der Waals surface area contributed by atoms with Crippen molar-refractivity contribution in [3.8, 4) is 12.0 Å². The minimum atomic E-state index is -0.266. The summed E-state index contributed by atoms with van der Waals surface area (Å²) in [6, 6.07) is 5.98. The molecule has 0 radical (unpaired) electrons. The number of aromatic nitrogens is 5. The molecule has 2 fully saturated rings. The number of carbonyl (C=O) groups excluding carboxylic acids is 1. The average Bonchev–Trinajstić information content (AvgIpc) is 3.34. The van der Waals surface area contributed by atoms with Gasteiger partial charge in [0.2, 0.25) is 5.95 Å². The van der Waals surface area contributed by atoms with Gasteiger partial charge in [-0.25, -0.2) is 9.20 Å². The van der Waals surface area contributed by atoms with Crippen molar-refractivity contribution in [2.24, 2.45) is 11.3 Å². The van der Waals surface area contributed by atoms with E-state index in [1.54, 1.807) is 25.3 Å². The molecule has 154 valence electrons. The standard InChI is InChI=1S/C21H23N7O2/c1-14-16(12-23-28(14)20-24-18(29)17-4-2-9-27(17)25-20)19(30)26-10-5-15(6-11-26)21(13-22)7-3-8-21/h2,4,9,12,15H,3,5-8,10-11H2,1H3,(H,24,25,29). The molecule has 0 atom stereocenters. The van der Waals surface area contributed by atoms with Crippen LogP contribution < -0.4 is 5.56 Å². The van der Waals surface area contributed by atoms with Crippen molar-refractivity contribution in [3.63, 3.8) is 0 Å². The maximum absolute atomic E-state index is 13.1. The Morgan fingerprint density at radius 3 is 2.77 bits per heavy atom. The number of aromatic amines is 1. The molecular formula is C21H23N7O2. The second-order valence-corrected chi connectivity index (χ2v) is 8.36. The van der Waals surface area contributed by atoms with Crippen molar-refractivity contribution in [1.29, 1.82) is 5.26 Å². The van der Waals surface area contributed by atoms with Crippen molar-refractivity contribution in [1.82, 2.24) is 29.3 Å². The zero-order valence-electron chi connectivity index (χ0n) is 16.8. The summed E-state index contributed by atoms with van der Waals surface area (Å²) < 4.78 is 2.98. The van der Waals surface area contributed by atoms with Crippen molar-refractivity contribution in [3.05, 3.63) is 46.1 Å². The number of carbonyl (C=O) groups is 1. The molecule has 30 heavy (non-hydrogen) atoms. The SMILES string of the molecule is Cc1c(C(=O)N2CCC(C3(C#N)CCC3)CC2)cnn1-c1nn2cccc2c(=O)[nH]1. The van der Waals surface area contributed by atoms with E-state index in [-0.39, 0.29) is 22.8 Å². The van der Waals surface area contributed by atoms with Gasteiger partial charge in [-0.2, -0.15) is 10.4 Å². The van der Waals surface area contributed by atoms with Gasteiger partial charge in [-0.15, -0.1) is 5.10 Å². The molecular weight excluding hydrogens is 382 g/mol. The lowest BCUT2D eigenvalue weighted by Gasteiger charge is -2.45. The molecule has 2 aliphatic rings. The van der Waals surface area contributed by atoms with Gasteiger partial charge in [0.15, 0.2) is 0 Å². The number of hydrogen-bond acceptors (Lipinski definition) is 5. The fraction of sp³-hybridized carbons (Fsp3) is 0.476. The van der Waals surface area contributed by atoms with Crippen LogP contribution in [0.25, 0.3) is 11.5 Å². The summed E-state index contributed by atoms with van der Waals surface area (Å²) in [6.07, 6.45) is 8.08. The van der Waals surface area contributed by atoms with Crippen LogP contribution in [0, 0.1) is 29.6 Å². The number of fused-ring (bicyclic) bond motifs is 1. The lowest BCUT2D eigenvalue weighted by atomic mass is 9.59. The van der Waals surface area contributed by atoms with Gasteiger partial charge in [-0.3, -0.25) is 14.6 Å². The fourth-order valence-electron chi connectivity index (χ4n) is 4.83. The monoisotopic (exact) mass is 405 g/mol. The zero-order chi connectivity index (χ0) is 20.9. The largest absolute Gasteiger partial charge is 0.339 e. The molecule has 1 N–H and O–H groups in total. The van der Waals surface area contributed by atoms with Gasteiger partial charge >= 0.3 is 0 Å². The maximum atomic E-state index is 13.1. The zero-order valence-corrected chi connectivity index (χ0v) is 16.8. The molecule has 1 aliphatic heterocycles. The smallest absolute Gasteiger partial charge is 0.276 e. The molecule has 0 spiro atoms. The van der Waals surface area contributed by atoms with Crippen LogP contribution in [0.3, 0.4) is 0 Å². The molecule has 0 unspecified atom stereocenters. The number of H-pyrrole nitrogens is 1. The molecule has 1 aliphatic carbocycles. The average molecular weight is 405 g/mol. The van der Waals surface area contributed by atoms with E-state index in [9.17, 15) is 14.9 Å². The Labute approximate surface area is 172 Å². The molecule has 1 saturated heterocycles. The Balaban J connectivity index is 1.36. The Morgan fingerprint density at radius 2 is 2.10 bits per heavy atom. The van der Waals surface area contributed by atoms with E-state index in [1.807, 2.05) is 4.90 Å². The second kappa shape index (κ2) is 6.83. The molecule has 1 saturated carbocycles. The maximum Gasteiger partial charge on any atom is 0.276 e. The van der Waals surface area contributed by atoms with E-state index in [0.717, 1.165) is 32.1 Å². The van der Waals surface area contributed by atoms with Gasteiger partial charge in [0.1, 0.15) is 5.52 Å². The highest BCUT2D eigenvalue weighted by Crippen LogP contribution is 2.50. The van der Waals surface area contributed by atoms with Crippen LogP contribution in [-0.4, -0.2) is 48.3 Å². The number of piperidine rings is 1. The van der Waals surface area contributed by atoms with Crippen LogP contribution >= 0.6 is 0 Å². The molecule has 0 aromatic carbocycles. The van der Waals surface area contributed by atoms with Crippen molar-refractivity contribution in [2.75, 3.05) is 13.1 Å². The number of amides is 1. The van der Waals surface area contributed by atoms with Crippen molar-refractivity contribution >= 4 is 11.4 Å². The van der Waals surface area contributed by atoms with E-state index in [4.69, 9.17) is 0 Å². The predicted molar refractivity (Wildman–Crippen MR) is 108 cm³/mol. The van der Waals surface area contributed by atoms with Crippen LogP contribution in [0.2, 0.25) is 0 Å². The third-order valence-corrected chi connectivity index (χ3v) is 6.86. The van der Waals surface area contributed by atoms with Gasteiger partial charge in [0, 0.05) is 19.3 Å². The Kier molecular flexibility index (Phi) is 4.24. The van der Waals surface area contributed by atoms with Gasteiger partial charge in [0.25, 0.3) is 11.5 Å².